The van der Waals surface area contributed by atoms with Gasteiger partial charge in [-0.3, -0.25) is 9.59 Å². The van der Waals surface area contributed by atoms with Gasteiger partial charge in [0.1, 0.15) is 6.04 Å². The third-order valence-electron chi connectivity index (χ3n) is 7.57. The van der Waals surface area contributed by atoms with Gasteiger partial charge in [-0.05, 0) is 68.3 Å². The Balaban J connectivity index is 1.34. The molecule has 2 amide bonds. The van der Waals surface area contributed by atoms with Crippen LogP contribution in [0, 0.1) is 23.2 Å². The SMILES string of the molecule is O=C([C@H](Cc1ccccc1)NC(=O)C12CC3CC(CC(C3)C1)C2)N1CCC1. The zero-order valence-corrected chi connectivity index (χ0v) is 16.0. The van der Waals surface area contributed by atoms with E-state index in [1.54, 1.807) is 0 Å². The largest absolute Gasteiger partial charge is 0.343 e. The summed E-state index contributed by atoms with van der Waals surface area (Å²) in [6, 6.07) is 9.67. The van der Waals surface area contributed by atoms with E-state index in [1.807, 2.05) is 35.2 Å². The lowest BCUT2D eigenvalue weighted by Gasteiger charge is -2.55. The van der Waals surface area contributed by atoms with E-state index < -0.39 is 6.04 Å². The van der Waals surface area contributed by atoms with Crippen molar-refractivity contribution >= 4 is 11.8 Å². The number of carbonyl (C=O) groups is 2. The maximum Gasteiger partial charge on any atom is 0.245 e. The van der Waals surface area contributed by atoms with Crippen molar-refractivity contribution in [2.45, 2.75) is 57.4 Å². The Morgan fingerprint density at radius 1 is 1.00 bits per heavy atom. The Morgan fingerprint density at radius 3 is 2.11 bits per heavy atom. The van der Waals surface area contributed by atoms with Gasteiger partial charge in [-0.15, -0.1) is 0 Å². The molecule has 1 aliphatic heterocycles. The summed E-state index contributed by atoms with van der Waals surface area (Å²) in [6.07, 6.45) is 8.77. The second kappa shape index (κ2) is 6.65. The van der Waals surface area contributed by atoms with Gasteiger partial charge in [0, 0.05) is 24.9 Å². The Bertz CT molecular complexity index is 690. The fraction of sp³-hybridized carbons (Fsp3) is 0.652. The van der Waals surface area contributed by atoms with Crippen molar-refractivity contribution < 1.29 is 9.59 Å². The molecule has 27 heavy (non-hydrogen) atoms. The summed E-state index contributed by atoms with van der Waals surface area (Å²) in [5.41, 5.74) is 0.918. The van der Waals surface area contributed by atoms with Gasteiger partial charge in [-0.25, -0.2) is 0 Å². The van der Waals surface area contributed by atoms with Gasteiger partial charge in [-0.2, -0.15) is 0 Å². The molecule has 0 radical (unpaired) electrons. The van der Waals surface area contributed by atoms with E-state index in [-0.39, 0.29) is 17.2 Å². The van der Waals surface area contributed by atoms with Crippen molar-refractivity contribution in [2.24, 2.45) is 23.2 Å². The summed E-state index contributed by atoms with van der Waals surface area (Å²) in [7, 11) is 0. The first kappa shape index (κ1) is 17.3. The molecule has 1 heterocycles. The normalized spacial score (nSPS) is 34.8. The van der Waals surface area contributed by atoms with Crippen molar-refractivity contribution in [3.05, 3.63) is 35.9 Å². The van der Waals surface area contributed by atoms with Crippen LogP contribution in [-0.4, -0.2) is 35.8 Å². The summed E-state index contributed by atoms with van der Waals surface area (Å²) in [6.45, 7) is 1.66. The summed E-state index contributed by atoms with van der Waals surface area (Å²) in [5, 5.41) is 3.24. The van der Waals surface area contributed by atoms with Crippen molar-refractivity contribution in [3.8, 4) is 0 Å². The average Bonchev–Trinajstić information content (AvgIpc) is 2.59. The molecule has 4 saturated carbocycles. The minimum absolute atomic E-state index is 0.100. The van der Waals surface area contributed by atoms with E-state index in [0.717, 1.165) is 62.1 Å². The second-order valence-corrected chi connectivity index (χ2v) is 9.59. The topological polar surface area (TPSA) is 49.4 Å². The number of rotatable bonds is 5. The quantitative estimate of drug-likeness (QED) is 0.870. The van der Waals surface area contributed by atoms with Crippen LogP contribution in [0.25, 0.3) is 0 Å². The van der Waals surface area contributed by atoms with E-state index in [4.69, 9.17) is 0 Å². The Labute approximate surface area is 161 Å². The lowest BCUT2D eigenvalue weighted by Crippen LogP contribution is -2.59. The standard InChI is InChI=1S/C23H30N2O2/c26-21(25-7-4-8-25)20(12-16-5-2-1-3-6-16)24-22(27)23-13-17-9-18(14-23)11-19(10-17)15-23/h1-3,5-6,17-20H,4,7-15H2,(H,24,27)/t17?,18?,19?,20-,23?/m0/s1. The molecule has 1 atom stereocenters. The summed E-state index contributed by atoms with van der Waals surface area (Å²) in [4.78, 5) is 28.3. The minimum Gasteiger partial charge on any atom is -0.343 e. The minimum atomic E-state index is -0.423. The Kier molecular flexibility index (Phi) is 4.25. The van der Waals surface area contributed by atoms with Crippen molar-refractivity contribution in [2.75, 3.05) is 13.1 Å². The summed E-state index contributed by atoms with van der Waals surface area (Å²) in [5.74, 6) is 2.47. The number of hydrogen-bond acceptors (Lipinski definition) is 2. The molecule has 0 unspecified atom stereocenters. The monoisotopic (exact) mass is 366 g/mol. The third-order valence-corrected chi connectivity index (χ3v) is 7.57. The predicted octanol–water partition coefficient (Wildman–Crippen LogP) is 3.16. The van der Waals surface area contributed by atoms with Crippen LogP contribution in [0.4, 0.5) is 0 Å². The average molecular weight is 367 g/mol. The lowest BCUT2D eigenvalue weighted by molar-refractivity contribution is -0.150. The van der Waals surface area contributed by atoms with E-state index in [1.165, 1.54) is 19.3 Å². The molecular weight excluding hydrogens is 336 g/mol. The summed E-state index contributed by atoms with van der Waals surface area (Å²) < 4.78 is 0. The molecule has 1 N–H and O–H groups in total. The molecule has 6 rings (SSSR count). The molecule has 4 heteroatoms. The van der Waals surface area contributed by atoms with Crippen LogP contribution in [0.1, 0.15) is 50.5 Å². The molecule has 4 aliphatic carbocycles. The van der Waals surface area contributed by atoms with Gasteiger partial charge >= 0.3 is 0 Å². The molecule has 4 nitrogen and oxygen atoms in total. The highest BCUT2D eigenvalue weighted by Crippen LogP contribution is 2.60. The highest BCUT2D eigenvalue weighted by Gasteiger charge is 2.55. The number of likely N-dealkylation sites (tertiary alicyclic amines) is 1. The Morgan fingerprint density at radius 2 is 1.59 bits per heavy atom. The zero-order valence-electron chi connectivity index (χ0n) is 16.0. The van der Waals surface area contributed by atoms with E-state index in [0.29, 0.717) is 6.42 Å². The second-order valence-electron chi connectivity index (χ2n) is 9.59. The number of nitrogens with one attached hydrogen (secondary N) is 1. The van der Waals surface area contributed by atoms with E-state index >= 15 is 0 Å². The van der Waals surface area contributed by atoms with Crippen LogP contribution in [0.15, 0.2) is 30.3 Å². The third kappa shape index (κ3) is 3.17. The summed E-state index contributed by atoms with van der Waals surface area (Å²) >= 11 is 0. The maximum absolute atomic E-state index is 13.4. The smallest absolute Gasteiger partial charge is 0.245 e. The van der Waals surface area contributed by atoms with E-state index in [2.05, 4.69) is 5.32 Å². The molecule has 1 saturated heterocycles. The van der Waals surface area contributed by atoms with Crippen molar-refractivity contribution in [3.63, 3.8) is 0 Å². The number of nitrogens with zero attached hydrogens (tertiary/aromatic N) is 1. The molecule has 0 spiro atoms. The first-order chi connectivity index (χ1) is 13.1. The first-order valence-corrected chi connectivity index (χ1v) is 10.7. The molecule has 1 aromatic rings. The number of carbonyl (C=O) groups excluding carboxylic acids is 2. The van der Waals surface area contributed by atoms with Gasteiger partial charge in [0.25, 0.3) is 0 Å². The van der Waals surface area contributed by atoms with Crippen LogP contribution in [0.5, 0.6) is 0 Å². The molecule has 5 aliphatic rings. The first-order valence-electron chi connectivity index (χ1n) is 10.7. The molecule has 5 fully saturated rings. The van der Waals surface area contributed by atoms with Crippen LogP contribution in [-0.2, 0) is 16.0 Å². The van der Waals surface area contributed by atoms with Gasteiger partial charge in [-0.1, -0.05) is 30.3 Å². The van der Waals surface area contributed by atoms with Crippen LogP contribution < -0.4 is 5.32 Å². The zero-order chi connectivity index (χ0) is 18.4. The fourth-order valence-corrected chi connectivity index (χ4v) is 6.51. The molecule has 1 aromatic carbocycles. The van der Waals surface area contributed by atoms with Gasteiger partial charge < -0.3 is 10.2 Å². The van der Waals surface area contributed by atoms with Crippen LogP contribution in [0.2, 0.25) is 0 Å². The number of benzene rings is 1. The highest BCUT2D eigenvalue weighted by atomic mass is 16.2. The van der Waals surface area contributed by atoms with Gasteiger partial charge in [0.15, 0.2) is 0 Å². The fourth-order valence-electron chi connectivity index (χ4n) is 6.51. The highest BCUT2D eigenvalue weighted by molar-refractivity contribution is 5.91. The van der Waals surface area contributed by atoms with Crippen LogP contribution in [0.3, 0.4) is 0 Å². The molecule has 4 bridgehead atoms. The van der Waals surface area contributed by atoms with Crippen molar-refractivity contribution in [1.82, 2.24) is 10.2 Å². The maximum atomic E-state index is 13.4. The lowest BCUT2D eigenvalue weighted by atomic mass is 9.49. The number of amides is 2. The van der Waals surface area contributed by atoms with E-state index in [9.17, 15) is 9.59 Å². The van der Waals surface area contributed by atoms with Crippen LogP contribution >= 0.6 is 0 Å². The van der Waals surface area contributed by atoms with Gasteiger partial charge in [0.2, 0.25) is 11.8 Å². The molecular formula is C23H30N2O2. The number of hydrogen-bond donors (Lipinski definition) is 1. The van der Waals surface area contributed by atoms with Crippen molar-refractivity contribution in [1.29, 1.82) is 0 Å². The Hall–Kier alpha value is -1.84. The molecule has 0 aromatic heterocycles. The molecule has 144 valence electrons. The van der Waals surface area contributed by atoms with Gasteiger partial charge in [0.05, 0.1) is 0 Å². The predicted molar refractivity (Wildman–Crippen MR) is 104 cm³/mol.